The van der Waals surface area contributed by atoms with E-state index in [1.807, 2.05) is 0 Å². The Bertz CT molecular complexity index is 479. The van der Waals surface area contributed by atoms with E-state index in [1.54, 1.807) is 11.4 Å². The van der Waals surface area contributed by atoms with Gasteiger partial charge in [-0.15, -0.1) is 24.0 Å². The second-order valence-corrected chi connectivity index (χ2v) is 4.56. The fourth-order valence-electron chi connectivity index (χ4n) is 1.33. The lowest BCUT2D eigenvalue weighted by Gasteiger charge is -2.06. The minimum absolute atomic E-state index is 0.0795. The van der Waals surface area contributed by atoms with E-state index in [4.69, 9.17) is 11.6 Å². The molecule has 1 aromatic carbocycles. The molecular weight excluding hydrogens is 246 g/mol. The summed E-state index contributed by atoms with van der Waals surface area (Å²) in [5.74, 6) is 0. The molecule has 0 saturated carbocycles. The molecule has 0 unspecified atom stereocenters. The van der Waals surface area contributed by atoms with E-state index in [9.17, 15) is 8.78 Å². The number of fused-ring (bicyclic) bond motifs is 1. The fraction of sp³-hybridized carbons (Fsp3) is 0.111. The SMILES string of the molecule is FC(F)c1c(Cl)cc(S)c2sccc12. The van der Waals surface area contributed by atoms with Crippen LogP contribution >= 0.6 is 35.6 Å². The van der Waals surface area contributed by atoms with Crippen molar-refractivity contribution in [2.45, 2.75) is 11.3 Å². The van der Waals surface area contributed by atoms with Gasteiger partial charge in [-0.05, 0) is 17.5 Å². The molecule has 5 heteroatoms. The predicted molar refractivity (Wildman–Crippen MR) is 59.0 cm³/mol. The molecule has 0 N–H and O–H groups in total. The van der Waals surface area contributed by atoms with E-state index in [2.05, 4.69) is 12.6 Å². The lowest BCUT2D eigenvalue weighted by atomic mass is 10.1. The van der Waals surface area contributed by atoms with Crippen molar-refractivity contribution in [3.8, 4) is 0 Å². The van der Waals surface area contributed by atoms with Crippen molar-refractivity contribution in [1.29, 1.82) is 0 Å². The summed E-state index contributed by atoms with van der Waals surface area (Å²) >= 11 is 11.3. The minimum atomic E-state index is -2.55. The monoisotopic (exact) mass is 250 g/mol. The van der Waals surface area contributed by atoms with Gasteiger partial charge in [0.25, 0.3) is 6.43 Å². The summed E-state index contributed by atoms with van der Waals surface area (Å²) in [4.78, 5) is 0.643. The van der Waals surface area contributed by atoms with Crippen LogP contribution in [0.5, 0.6) is 0 Å². The molecule has 2 rings (SSSR count). The standard InChI is InChI=1S/C9H5ClF2S2/c10-5-3-6(13)8-4(1-2-14-8)7(5)9(11)12/h1-3,9,13H. The maximum atomic E-state index is 12.7. The van der Waals surface area contributed by atoms with Crippen molar-refractivity contribution in [3.05, 3.63) is 28.1 Å². The first kappa shape index (κ1) is 10.2. The summed E-state index contributed by atoms with van der Waals surface area (Å²) < 4.78 is 26.1. The Kier molecular flexibility index (Phi) is 2.68. The van der Waals surface area contributed by atoms with Crippen LogP contribution < -0.4 is 0 Å². The van der Waals surface area contributed by atoms with E-state index in [0.717, 1.165) is 4.70 Å². The van der Waals surface area contributed by atoms with Gasteiger partial charge in [-0.2, -0.15) is 0 Å². The lowest BCUT2D eigenvalue weighted by Crippen LogP contribution is -1.87. The van der Waals surface area contributed by atoms with Crippen LogP contribution in [-0.4, -0.2) is 0 Å². The first-order valence-corrected chi connectivity index (χ1v) is 5.48. The van der Waals surface area contributed by atoms with Gasteiger partial charge in [-0.25, -0.2) is 8.78 Å². The van der Waals surface area contributed by atoms with Gasteiger partial charge in [0.1, 0.15) is 0 Å². The predicted octanol–water partition coefficient (Wildman–Crippen LogP) is 4.78. The average Bonchev–Trinajstić information content (AvgIpc) is 2.51. The van der Waals surface area contributed by atoms with Crippen LogP contribution in [0.4, 0.5) is 8.78 Å². The van der Waals surface area contributed by atoms with Gasteiger partial charge in [-0.1, -0.05) is 11.6 Å². The first-order chi connectivity index (χ1) is 6.61. The van der Waals surface area contributed by atoms with Gasteiger partial charge in [0.2, 0.25) is 0 Å². The molecule has 74 valence electrons. The molecule has 1 heterocycles. The number of rotatable bonds is 1. The number of hydrogen-bond donors (Lipinski definition) is 1. The Morgan fingerprint density at radius 3 is 2.79 bits per heavy atom. The first-order valence-electron chi connectivity index (χ1n) is 3.78. The maximum Gasteiger partial charge on any atom is 0.265 e. The molecule has 0 spiro atoms. The van der Waals surface area contributed by atoms with Gasteiger partial charge in [0.05, 0.1) is 5.02 Å². The Labute approximate surface area is 93.9 Å². The fourth-order valence-corrected chi connectivity index (χ4v) is 2.94. The summed E-state index contributed by atoms with van der Waals surface area (Å²) in [7, 11) is 0. The summed E-state index contributed by atoms with van der Waals surface area (Å²) in [6.45, 7) is 0. The quantitative estimate of drug-likeness (QED) is 0.692. The van der Waals surface area contributed by atoms with E-state index in [-0.39, 0.29) is 10.6 Å². The van der Waals surface area contributed by atoms with Gasteiger partial charge >= 0.3 is 0 Å². The Balaban J connectivity index is 2.86. The number of halogens is 3. The molecule has 0 aliphatic carbocycles. The van der Waals surface area contributed by atoms with Gasteiger partial charge in [0, 0.05) is 20.5 Å². The van der Waals surface area contributed by atoms with E-state index < -0.39 is 6.43 Å². The third-order valence-electron chi connectivity index (χ3n) is 1.93. The molecule has 0 aliphatic rings. The molecule has 0 bridgehead atoms. The molecule has 0 aliphatic heterocycles. The molecule has 0 saturated heterocycles. The van der Waals surface area contributed by atoms with Gasteiger partial charge in [0.15, 0.2) is 0 Å². The molecule has 0 amide bonds. The van der Waals surface area contributed by atoms with Crippen molar-refractivity contribution in [1.82, 2.24) is 0 Å². The summed E-state index contributed by atoms with van der Waals surface area (Å²) in [5, 5.41) is 2.34. The van der Waals surface area contributed by atoms with Crippen LogP contribution in [0.25, 0.3) is 10.1 Å². The summed E-state index contributed by atoms with van der Waals surface area (Å²) in [5.41, 5.74) is -0.0966. The third kappa shape index (κ3) is 1.51. The molecule has 0 nitrogen and oxygen atoms in total. The zero-order valence-electron chi connectivity index (χ0n) is 6.80. The molecular formula is C9H5ClF2S2. The van der Waals surface area contributed by atoms with Gasteiger partial charge in [-0.3, -0.25) is 0 Å². The van der Waals surface area contributed by atoms with Gasteiger partial charge < -0.3 is 0 Å². The smallest absolute Gasteiger partial charge is 0.205 e. The van der Waals surface area contributed by atoms with Crippen LogP contribution in [0, 0.1) is 0 Å². The van der Waals surface area contributed by atoms with Crippen molar-refractivity contribution >= 4 is 45.7 Å². The third-order valence-corrected chi connectivity index (χ3v) is 3.69. The van der Waals surface area contributed by atoms with E-state index >= 15 is 0 Å². The zero-order valence-corrected chi connectivity index (χ0v) is 9.27. The van der Waals surface area contributed by atoms with E-state index in [1.165, 1.54) is 17.4 Å². The molecule has 0 radical (unpaired) electrons. The minimum Gasteiger partial charge on any atom is -0.205 e. The molecule has 0 atom stereocenters. The molecule has 1 aromatic heterocycles. The Hall–Kier alpha value is -0.320. The second-order valence-electron chi connectivity index (χ2n) is 2.76. The highest BCUT2D eigenvalue weighted by molar-refractivity contribution is 7.80. The number of thiophene rings is 1. The van der Waals surface area contributed by atoms with Crippen LogP contribution in [-0.2, 0) is 0 Å². The number of hydrogen-bond acceptors (Lipinski definition) is 2. The summed E-state index contributed by atoms with van der Waals surface area (Å²) in [6.07, 6.45) is -2.55. The molecule has 0 fully saturated rings. The van der Waals surface area contributed by atoms with Crippen molar-refractivity contribution in [2.24, 2.45) is 0 Å². The highest BCUT2D eigenvalue weighted by Crippen LogP contribution is 2.39. The van der Waals surface area contributed by atoms with Crippen molar-refractivity contribution in [2.75, 3.05) is 0 Å². The topological polar surface area (TPSA) is 0 Å². The van der Waals surface area contributed by atoms with Crippen LogP contribution in [0.15, 0.2) is 22.4 Å². The Morgan fingerprint density at radius 1 is 1.43 bits per heavy atom. The van der Waals surface area contributed by atoms with Crippen LogP contribution in [0.2, 0.25) is 5.02 Å². The number of alkyl halides is 2. The molecule has 14 heavy (non-hydrogen) atoms. The van der Waals surface area contributed by atoms with E-state index in [0.29, 0.717) is 10.3 Å². The average molecular weight is 251 g/mol. The summed E-state index contributed by atoms with van der Waals surface area (Å²) in [6, 6.07) is 3.11. The highest BCUT2D eigenvalue weighted by atomic mass is 35.5. The van der Waals surface area contributed by atoms with Crippen molar-refractivity contribution < 1.29 is 8.78 Å². The molecule has 2 aromatic rings. The van der Waals surface area contributed by atoms with Crippen LogP contribution in [0.3, 0.4) is 0 Å². The largest absolute Gasteiger partial charge is 0.265 e. The number of thiol groups is 1. The normalized spacial score (nSPS) is 11.5. The maximum absolute atomic E-state index is 12.7. The Morgan fingerprint density at radius 2 is 2.14 bits per heavy atom. The second kappa shape index (κ2) is 3.68. The van der Waals surface area contributed by atoms with Crippen LogP contribution in [0.1, 0.15) is 12.0 Å². The van der Waals surface area contributed by atoms with Crippen molar-refractivity contribution in [3.63, 3.8) is 0 Å². The zero-order chi connectivity index (χ0) is 10.3. The lowest BCUT2D eigenvalue weighted by molar-refractivity contribution is 0.153. The number of benzene rings is 1. The highest BCUT2D eigenvalue weighted by Gasteiger charge is 2.18.